The van der Waals surface area contributed by atoms with Crippen LogP contribution in [0.4, 0.5) is 0 Å². The number of rotatable bonds is 6. The number of ether oxygens (including phenoxy) is 1. The molecular weight excluding hydrogens is 397 g/mol. The molecule has 150 valence electrons. The first-order valence-electron chi connectivity index (χ1n) is 9.80. The Morgan fingerprint density at radius 2 is 2.04 bits per heavy atom. The van der Waals surface area contributed by atoms with E-state index in [2.05, 4.69) is 12.2 Å². The maximum atomic E-state index is 13.0. The Morgan fingerprint density at radius 3 is 2.79 bits per heavy atom. The van der Waals surface area contributed by atoms with E-state index in [1.54, 1.807) is 12.1 Å². The second-order valence-electron chi connectivity index (χ2n) is 7.25. The number of benzene rings is 1. The van der Waals surface area contributed by atoms with E-state index in [9.17, 15) is 9.59 Å². The normalized spacial score (nSPS) is 19.4. The van der Waals surface area contributed by atoms with Gasteiger partial charge in [-0.1, -0.05) is 55.1 Å². The largest absolute Gasteiger partial charge is 0.462 e. The van der Waals surface area contributed by atoms with E-state index in [0.717, 1.165) is 37.8 Å². The number of dihydropyridines is 1. The number of nitrogens with one attached hydrogen (secondary N) is 1. The molecule has 0 saturated heterocycles. The molecule has 0 amide bonds. The lowest BCUT2D eigenvalue weighted by molar-refractivity contribution is -0.139. The minimum Gasteiger partial charge on any atom is -0.462 e. The summed E-state index contributed by atoms with van der Waals surface area (Å²) >= 11 is 12.8. The molecule has 2 aliphatic rings. The molecule has 0 saturated carbocycles. The van der Waals surface area contributed by atoms with Gasteiger partial charge in [-0.2, -0.15) is 0 Å². The van der Waals surface area contributed by atoms with Crippen molar-refractivity contribution >= 4 is 35.0 Å². The Morgan fingerprint density at radius 1 is 1.25 bits per heavy atom. The predicted octanol–water partition coefficient (Wildman–Crippen LogP) is 5.69. The van der Waals surface area contributed by atoms with Crippen LogP contribution in [0, 0.1) is 0 Å². The third kappa shape index (κ3) is 4.13. The van der Waals surface area contributed by atoms with E-state index in [0.29, 0.717) is 45.5 Å². The molecule has 1 aromatic carbocycles. The van der Waals surface area contributed by atoms with Crippen LogP contribution in [-0.2, 0) is 14.3 Å². The van der Waals surface area contributed by atoms with Crippen molar-refractivity contribution in [2.45, 2.75) is 58.3 Å². The minimum atomic E-state index is -0.561. The van der Waals surface area contributed by atoms with E-state index >= 15 is 0 Å². The smallest absolute Gasteiger partial charge is 0.336 e. The first-order chi connectivity index (χ1) is 13.5. The molecule has 1 atom stereocenters. The molecule has 28 heavy (non-hydrogen) atoms. The van der Waals surface area contributed by atoms with Crippen molar-refractivity contribution in [1.29, 1.82) is 0 Å². The zero-order valence-corrected chi connectivity index (χ0v) is 17.8. The number of carbonyl (C=O) groups excluding carboxylic acids is 2. The number of esters is 1. The van der Waals surface area contributed by atoms with Crippen LogP contribution in [0.15, 0.2) is 40.7 Å². The van der Waals surface area contributed by atoms with E-state index in [4.69, 9.17) is 27.9 Å². The SMILES string of the molecule is CCCCCOC(=O)C1=C(C)NC2=C(C(=O)CCC2)[C@H]1c1cccc(Cl)c1Cl. The third-order valence-electron chi connectivity index (χ3n) is 5.27. The monoisotopic (exact) mass is 421 g/mol. The van der Waals surface area contributed by atoms with Gasteiger partial charge >= 0.3 is 5.97 Å². The highest BCUT2D eigenvalue weighted by Crippen LogP contribution is 2.45. The maximum Gasteiger partial charge on any atom is 0.336 e. The van der Waals surface area contributed by atoms with Gasteiger partial charge in [-0.25, -0.2) is 4.79 Å². The Labute approximate surface area is 175 Å². The van der Waals surface area contributed by atoms with Gasteiger partial charge in [0, 0.05) is 29.3 Å². The molecule has 1 aromatic rings. The average molecular weight is 422 g/mol. The van der Waals surface area contributed by atoms with Gasteiger partial charge in [-0.05, 0) is 37.8 Å². The summed E-state index contributed by atoms with van der Waals surface area (Å²) in [6.45, 7) is 4.30. The van der Waals surface area contributed by atoms with Crippen LogP contribution in [0.2, 0.25) is 10.0 Å². The molecule has 1 N–H and O–H groups in total. The summed E-state index contributed by atoms with van der Waals surface area (Å²) < 4.78 is 5.54. The van der Waals surface area contributed by atoms with Crippen molar-refractivity contribution in [2.24, 2.45) is 0 Å². The summed E-state index contributed by atoms with van der Waals surface area (Å²) in [5.41, 5.74) is 3.29. The second-order valence-corrected chi connectivity index (χ2v) is 8.04. The molecule has 6 heteroatoms. The fourth-order valence-electron chi connectivity index (χ4n) is 3.90. The highest BCUT2D eigenvalue weighted by Gasteiger charge is 2.40. The maximum absolute atomic E-state index is 13.0. The number of hydrogen-bond acceptors (Lipinski definition) is 4. The Kier molecular flexibility index (Phi) is 6.84. The van der Waals surface area contributed by atoms with Gasteiger partial charge < -0.3 is 10.1 Å². The quantitative estimate of drug-likeness (QED) is 0.472. The third-order valence-corrected chi connectivity index (χ3v) is 6.10. The van der Waals surface area contributed by atoms with Gasteiger partial charge in [0.25, 0.3) is 0 Å². The molecular formula is C22H25Cl2NO3. The fraction of sp³-hybridized carbons (Fsp3) is 0.455. The van der Waals surface area contributed by atoms with Crippen molar-refractivity contribution in [2.75, 3.05) is 6.61 Å². The Bertz CT molecular complexity index is 857. The molecule has 0 aromatic heterocycles. The van der Waals surface area contributed by atoms with Crippen molar-refractivity contribution in [1.82, 2.24) is 5.32 Å². The minimum absolute atomic E-state index is 0.0403. The lowest BCUT2D eigenvalue weighted by atomic mass is 9.75. The van der Waals surface area contributed by atoms with Crippen LogP contribution >= 0.6 is 23.2 Å². The molecule has 1 aliphatic carbocycles. The first kappa shape index (κ1) is 20.9. The number of carbonyl (C=O) groups is 2. The van der Waals surface area contributed by atoms with Gasteiger partial charge in [-0.15, -0.1) is 0 Å². The molecule has 1 heterocycles. The highest BCUT2D eigenvalue weighted by atomic mass is 35.5. The lowest BCUT2D eigenvalue weighted by Crippen LogP contribution is -2.34. The Balaban J connectivity index is 2.04. The lowest BCUT2D eigenvalue weighted by Gasteiger charge is -2.34. The zero-order chi connectivity index (χ0) is 20.3. The predicted molar refractivity (Wildman–Crippen MR) is 111 cm³/mol. The second kappa shape index (κ2) is 9.15. The van der Waals surface area contributed by atoms with Crippen LogP contribution < -0.4 is 5.32 Å². The van der Waals surface area contributed by atoms with Gasteiger partial charge in [0.15, 0.2) is 5.78 Å². The van der Waals surface area contributed by atoms with E-state index in [-0.39, 0.29) is 5.78 Å². The van der Waals surface area contributed by atoms with Crippen molar-refractivity contribution in [3.8, 4) is 0 Å². The first-order valence-corrected chi connectivity index (χ1v) is 10.6. The number of unbranched alkanes of at least 4 members (excludes halogenated alkanes) is 2. The summed E-state index contributed by atoms with van der Waals surface area (Å²) in [5.74, 6) is -0.931. The number of Topliss-reactive ketones (excluding diaryl/α,β-unsaturated/α-hetero) is 1. The van der Waals surface area contributed by atoms with Crippen molar-refractivity contribution in [3.05, 3.63) is 56.3 Å². The molecule has 0 unspecified atom stereocenters. The van der Waals surface area contributed by atoms with Crippen LogP contribution in [0.25, 0.3) is 0 Å². The highest BCUT2D eigenvalue weighted by molar-refractivity contribution is 6.42. The number of hydrogen-bond donors (Lipinski definition) is 1. The van der Waals surface area contributed by atoms with Crippen molar-refractivity contribution < 1.29 is 14.3 Å². The summed E-state index contributed by atoms with van der Waals surface area (Å²) in [7, 11) is 0. The van der Waals surface area contributed by atoms with E-state index in [1.807, 2.05) is 13.0 Å². The molecule has 0 radical (unpaired) electrons. The average Bonchev–Trinajstić information content (AvgIpc) is 2.66. The molecule has 0 bridgehead atoms. The summed E-state index contributed by atoms with van der Waals surface area (Å²) in [6.07, 6.45) is 4.90. The summed E-state index contributed by atoms with van der Waals surface area (Å²) in [4.78, 5) is 25.8. The van der Waals surface area contributed by atoms with Crippen molar-refractivity contribution in [3.63, 3.8) is 0 Å². The van der Waals surface area contributed by atoms with Gasteiger partial charge in [0.2, 0.25) is 0 Å². The molecule has 0 spiro atoms. The van der Waals surface area contributed by atoms with Gasteiger partial charge in [0.05, 0.1) is 22.2 Å². The fourth-order valence-corrected chi connectivity index (χ4v) is 4.32. The Hall–Kier alpha value is -1.78. The topological polar surface area (TPSA) is 55.4 Å². The molecule has 4 nitrogen and oxygen atoms in total. The van der Waals surface area contributed by atoms with E-state index < -0.39 is 11.9 Å². The number of ketones is 1. The standard InChI is InChI=1S/C22H25Cl2NO3/c1-3-4-5-12-28-22(27)18-13(2)25-16-10-7-11-17(26)20(16)19(18)14-8-6-9-15(23)21(14)24/h6,8-9,19,25H,3-5,7,10-12H2,1-2H3/t19-/m0/s1. The molecule has 0 fully saturated rings. The zero-order valence-electron chi connectivity index (χ0n) is 16.2. The van der Waals surface area contributed by atoms with Crippen LogP contribution in [0.3, 0.4) is 0 Å². The van der Waals surface area contributed by atoms with Crippen LogP contribution in [0.1, 0.15) is 63.9 Å². The summed E-state index contributed by atoms with van der Waals surface area (Å²) in [6, 6.07) is 5.32. The van der Waals surface area contributed by atoms with Crippen LogP contribution in [-0.4, -0.2) is 18.4 Å². The van der Waals surface area contributed by atoms with Crippen LogP contribution in [0.5, 0.6) is 0 Å². The number of halogens is 2. The van der Waals surface area contributed by atoms with Gasteiger partial charge in [-0.3, -0.25) is 4.79 Å². The number of allylic oxidation sites excluding steroid dienone is 3. The summed E-state index contributed by atoms with van der Waals surface area (Å²) in [5, 5.41) is 4.04. The molecule has 1 aliphatic heterocycles. The van der Waals surface area contributed by atoms with E-state index in [1.165, 1.54) is 0 Å². The van der Waals surface area contributed by atoms with Gasteiger partial charge in [0.1, 0.15) is 0 Å². The molecule has 3 rings (SSSR count).